The summed E-state index contributed by atoms with van der Waals surface area (Å²) in [5.74, 6) is 0.144. The second-order valence-electron chi connectivity index (χ2n) is 5.06. The summed E-state index contributed by atoms with van der Waals surface area (Å²) in [5, 5.41) is 12.0. The van der Waals surface area contributed by atoms with Crippen molar-refractivity contribution >= 4 is 28.3 Å². The van der Waals surface area contributed by atoms with Gasteiger partial charge in [-0.25, -0.2) is 0 Å². The van der Waals surface area contributed by atoms with Crippen LogP contribution in [-0.2, 0) is 4.74 Å². The second kappa shape index (κ2) is 5.92. The number of amides is 1. The standard InChI is InChI=1S/C16H16ClNO3/c17-9-12-10-21-8-7-18(12)16(20)14-6-5-11-3-1-2-4-13(11)15(14)19/h1-6,12,19H,7-10H2. The van der Waals surface area contributed by atoms with Crippen LogP contribution in [0.1, 0.15) is 10.4 Å². The minimum Gasteiger partial charge on any atom is -0.506 e. The molecular weight excluding hydrogens is 290 g/mol. The number of morpholine rings is 1. The highest BCUT2D eigenvalue weighted by Gasteiger charge is 2.29. The van der Waals surface area contributed by atoms with E-state index in [1.807, 2.05) is 24.3 Å². The number of carbonyl (C=O) groups is 1. The Morgan fingerprint density at radius 1 is 1.33 bits per heavy atom. The molecule has 1 aliphatic heterocycles. The van der Waals surface area contributed by atoms with E-state index in [0.29, 0.717) is 36.6 Å². The molecule has 21 heavy (non-hydrogen) atoms. The maximum Gasteiger partial charge on any atom is 0.258 e. The lowest BCUT2D eigenvalue weighted by Gasteiger charge is -2.34. The van der Waals surface area contributed by atoms with Gasteiger partial charge in [-0.2, -0.15) is 0 Å². The van der Waals surface area contributed by atoms with Crippen LogP contribution < -0.4 is 0 Å². The normalized spacial score (nSPS) is 18.9. The maximum atomic E-state index is 12.7. The Morgan fingerprint density at radius 3 is 2.95 bits per heavy atom. The summed E-state index contributed by atoms with van der Waals surface area (Å²) < 4.78 is 5.35. The third-order valence-corrected chi connectivity index (χ3v) is 4.15. The quantitative estimate of drug-likeness (QED) is 0.868. The number of alkyl halides is 1. The fourth-order valence-corrected chi connectivity index (χ4v) is 2.89. The monoisotopic (exact) mass is 305 g/mol. The van der Waals surface area contributed by atoms with Gasteiger partial charge in [0.15, 0.2) is 0 Å². The van der Waals surface area contributed by atoms with Crippen LogP contribution in [0.3, 0.4) is 0 Å². The van der Waals surface area contributed by atoms with E-state index in [1.54, 1.807) is 17.0 Å². The third-order valence-electron chi connectivity index (χ3n) is 3.80. The molecule has 1 amide bonds. The molecule has 0 bridgehead atoms. The molecule has 0 saturated carbocycles. The Hall–Kier alpha value is -1.78. The van der Waals surface area contributed by atoms with Crippen molar-refractivity contribution in [1.29, 1.82) is 0 Å². The number of phenols is 1. The molecule has 110 valence electrons. The first kappa shape index (κ1) is 14.2. The molecule has 0 aromatic heterocycles. The molecule has 0 aliphatic carbocycles. The molecule has 1 unspecified atom stereocenters. The van der Waals surface area contributed by atoms with E-state index in [1.165, 1.54) is 0 Å². The molecule has 1 saturated heterocycles. The van der Waals surface area contributed by atoms with E-state index in [9.17, 15) is 9.90 Å². The van der Waals surface area contributed by atoms with Crippen LogP contribution in [0.25, 0.3) is 10.8 Å². The SMILES string of the molecule is O=C(c1ccc2ccccc2c1O)N1CCOCC1CCl. The zero-order chi connectivity index (χ0) is 14.8. The first-order chi connectivity index (χ1) is 10.2. The van der Waals surface area contributed by atoms with E-state index >= 15 is 0 Å². The molecular formula is C16H16ClNO3. The van der Waals surface area contributed by atoms with Gasteiger partial charge in [0, 0.05) is 17.8 Å². The average Bonchev–Trinajstić information content (AvgIpc) is 2.55. The molecule has 0 spiro atoms. The molecule has 2 aromatic rings. The van der Waals surface area contributed by atoms with Gasteiger partial charge in [0.25, 0.3) is 5.91 Å². The van der Waals surface area contributed by atoms with Gasteiger partial charge in [0.1, 0.15) is 5.75 Å². The Labute approximate surface area is 127 Å². The number of aromatic hydroxyl groups is 1. The van der Waals surface area contributed by atoms with Crippen LogP contribution in [0.15, 0.2) is 36.4 Å². The summed E-state index contributed by atoms with van der Waals surface area (Å²) >= 11 is 5.91. The van der Waals surface area contributed by atoms with Gasteiger partial charge in [-0.3, -0.25) is 4.79 Å². The van der Waals surface area contributed by atoms with Gasteiger partial charge in [0.05, 0.1) is 24.8 Å². The zero-order valence-corrected chi connectivity index (χ0v) is 12.2. The van der Waals surface area contributed by atoms with Crippen molar-refractivity contribution in [2.24, 2.45) is 0 Å². The summed E-state index contributed by atoms with van der Waals surface area (Å²) in [7, 11) is 0. The minimum atomic E-state index is -0.202. The molecule has 4 nitrogen and oxygen atoms in total. The van der Waals surface area contributed by atoms with E-state index in [-0.39, 0.29) is 17.7 Å². The number of carbonyl (C=O) groups excluding carboxylic acids is 1. The van der Waals surface area contributed by atoms with Gasteiger partial charge in [-0.1, -0.05) is 30.3 Å². The predicted octanol–water partition coefficient (Wildman–Crippen LogP) is 2.63. The van der Waals surface area contributed by atoms with Crippen molar-refractivity contribution in [3.63, 3.8) is 0 Å². The van der Waals surface area contributed by atoms with Crippen molar-refractivity contribution in [1.82, 2.24) is 4.90 Å². The fraction of sp³-hybridized carbons (Fsp3) is 0.312. The van der Waals surface area contributed by atoms with Crippen LogP contribution in [0.5, 0.6) is 5.75 Å². The maximum absolute atomic E-state index is 12.7. The number of halogens is 1. The molecule has 0 radical (unpaired) electrons. The number of hydrogen-bond donors (Lipinski definition) is 1. The molecule has 2 aromatic carbocycles. The van der Waals surface area contributed by atoms with Crippen LogP contribution in [-0.4, -0.2) is 47.6 Å². The average molecular weight is 306 g/mol. The summed E-state index contributed by atoms with van der Waals surface area (Å²) in [5.41, 5.74) is 0.311. The number of benzene rings is 2. The highest BCUT2D eigenvalue weighted by Crippen LogP contribution is 2.30. The largest absolute Gasteiger partial charge is 0.506 e. The predicted molar refractivity (Wildman–Crippen MR) is 82.0 cm³/mol. The second-order valence-corrected chi connectivity index (χ2v) is 5.37. The molecule has 3 rings (SSSR count). The topological polar surface area (TPSA) is 49.8 Å². The van der Waals surface area contributed by atoms with Gasteiger partial charge in [-0.15, -0.1) is 11.6 Å². The van der Waals surface area contributed by atoms with E-state index in [2.05, 4.69) is 0 Å². The molecule has 1 aliphatic rings. The van der Waals surface area contributed by atoms with E-state index in [4.69, 9.17) is 16.3 Å². The highest BCUT2D eigenvalue weighted by molar-refractivity contribution is 6.18. The van der Waals surface area contributed by atoms with Gasteiger partial charge in [-0.05, 0) is 11.5 Å². The van der Waals surface area contributed by atoms with Crippen molar-refractivity contribution in [3.8, 4) is 5.75 Å². The van der Waals surface area contributed by atoms with E-state index in [0.717, 1.165) is 5.39 Å². The fourth-order valence-electron chi connectivity index (χ4n) is 2.63. The molecule has 1 N–H and O–H groups in total. The Morgan fingerprint density at radius 2 is 2.14 bits per heavy atom. The molecule has 5 heteroatoms. The lowest BCUT2D eigenvalue weighted by Crippen LogP contribution is -2.49. The Bertz CT molecular complexity index is 674. The molecule has 1 heterocycles. The first-order valence-electron chi connectivity index (χ1n) is 6.87. The van der Waals surface area contributed by atoms with Crippen LogP contribution in [0, 0.1) is 0 Å². The summed E-state index contributed by atoms with van der Waals surface area (Å²) in [6.07, 6.45) is 0. The smallest absolute Gasteiger partial charge is 0.258 e. The van der Waals surface area contributed by atoms with Crippen LogP contribution >= 0.6 is 11.6 Å². The van der Waals surface area contributed by atoms with Crippen molar-refractivity contribution in [2.45, 2.75) is 6.04 Å². The molecule has 1 fully saturated rings. The minimum absolute atomic E-state index is 0.0258. The van der Waals surface area contributed by atoms with Crippen molar-refractivity contribution in [2.75, 3.05) is 25.6 Å². The Balaban J connectivity index is 1.99. The highest BCUT2D eigenvalue weighted by atomic mass is 35.5. The lowest BCUT2D eigenvalue weighted by atomic mass is 10.0. The third kappa shape index (κ3) is 2.57. The van der Waals surface area contributed by atoms with Crippen LogP contribution in [0.4, 0.5) is 0 Å². The summed E-state index contributed by atoms with van der Waals surface area (Å²) in [4.78, 5) is 14.4. The van der Waals surface area contributed by atoms with Gasteiger partial charge >= 0.3 is 0 Å². The lowest BCUT2D eigenvalue weighted by molar-refractivity contribution is 0.00443. The zero-order valence-electron chi connectivity index (χ0n) is 11.5. The number of phenolic OH excluding ortho intramolecular Hbond substituents is 1. The van der Waals surface area contributed by atoms with Crippen molar-refractivity contribution < 1.29 is 14.6 Å². The number of fused-ring (bicyclic) bond motifs is 1. The van der Waals surface area contributed by atoms with Gasteiger partial charge < -0.3 is 14.7 Å². The number of rotatable bonds is 2. The number of hydrogen-bond acceptors (Lipinski definition) is 3. The number of ether oxygens (including phenoxy) is 1. The Kier molecular flexibility index (Phi) is 3.99. The molecule has 1 atom stereocenters. The first-order valence-corrected chi connectivity index (χ1v) is 7.41. The number of nitrogens with zero attached hydrogens (tertiary/aromatic N) is 1. The summed E-state index contributed by atoms with van der Waals surface area (Å²) in [6, 6.07) is 10.8. The van der Waals surface area contributed by atoms with Gasteiger partial charge in [0.2, 0.25) is 0 Å². The van der Waals surface area contributed by atoms with Crippen molar-refractivity contribution in [3.05, 3.63) is 42.0 Å². The summed E-state index contributed by atoms with van der Waals surface area (Å²) in [6.45, 7) is 1.42. The van der Waals surface area contributed by atoms with Crippen LogP contribution in [0.2, 0.25) is 0 Å². The van der Waals surface area contributed by atoms with E-state index < -0.39 is 0 Å².